The molecule has 20 heteroatoms. The molecule has 4 atom stereocenters. The van der Waals surface area contributed by atoms with Gasteiger partial charge in [-0.2, -0.15) is 0 Å². The normalized spacial score (nSPS) is 22.1. The lowest BCUT2D eigenvalue weighted by atomic mass is 10.0. The number of allylic oxidation sites excluding steroid dienone is 2. The highest BCUT2D eigenvalue weighted by Crippen LogP contribution is 2.31. The molecule has 58 heavy (non-hydrogen) atoms. The van der Waals surface area contributed by atoms with Crippen LogP contribution in [0, 0.1) is 13.8 Å². The number of carboxylic acid groups (broad SMARTS) is 2. The SMILES string of the molecule is COCC1=C(C)CC(C(=O)N[C@@H]2CCN(c3nc(C)c(C(=O)O)s3)C[C@@H]2OC)=N1.COCC1=C(C)N=C(C(=O)N[C@@H]2CCN(c3nc(C)c(C(=O)O)s3)C[C@@H]2OC)C1. The Balaban J connectivity index is 0.000000221. The summed E-state index contributed by atoms with van der Waals surface area (Å²) in [5.74, 6) is -2.31. The highest BCUT2D eigenvalue weighted by Gasteiger charge is 2.35. The number of thiazole rings is 2. The van der Waals surface area contributed by atoms with Crippen molar-refractivity contribution < 1.29 is 48.3 Å². The predicted octanol–water partition coefficient (Wildman–Crippen LogP) is 3.25. The summed E-state index contributed by atoms with van der Waals surface area (Å²) in [6.07, 6.45) is 1.88. The van der Waals surface area contributed by atoms with Gasteiger partial charge in [-0.1, -0.05) is 22.7 Å². The number of nitrogens with one attached hydrogen (secondary N) is 2. The number of aromatic carboxylic acids is 2. The number of rotatable bonds is 14. The van der Waals surface area contributed by atoms with Crippen molar-refractivity contribution >= 4 is 68.1 Å². The van der Waals surface area contributed by atoms with Crippen LogP contribution in [0.2, 0.25) is 0 Å². The number of carboxylic acids is 2. The summed E-state index contributed by atoms with van der Waals surface area (Å²) in [5, 5.41) is 25.9. The molecule has 4 N–H and O–H groups in total. The Kier molecular flexibility index (Phi) is 15.3. The van der Waals surface area contributed by atoms with Gasteiger partial charge in [0.25, 0.3) is 11.8 Å². The van der Waals surface area contributed by atoms with Gasteiger partial charge in [0.2, 0.25) is 0 Å². The summed E-state index contributed by atoms with van der Waals surface area (Å²) in [6, 6.07) is -0.309. The van der Waals surface area contributed by atoms with Gasteiger partial charge in [0.05, 0.1) is 54.6 Å². The van der Waals surface area contributed by atoms with Crippen LogP contribution >= 0.6 is 22.7 Å². The lowest BCUT2D eigenvalue weighted by Crippen LogP contribution is -2.55. The fraction of sp³-hybridized carbons (Fsp3) is 0.579. The minimum absolute atomic E-state index is 0.154. The van der Waals surface area contributed by atoms with Gasteiger partial charge in [-0.05, 0) is 51.7 Å². The first-order valence-corrected chi connectivity index (χ1v) is 20.4. The molecule has 4 aliphatic rings. The zero-order valence-corrected chi connectivity index (χ0v) is 35.7. The molecule has 0 spiro atoms. The number of hydrogen-bond acceptors (Lipinski definition) is 16. The molecular weight excluding hydrogens is 793 g/mol. The predicted molar refractivity (Wildman–Crippen MR) is 220 cm³/mol. The van der Waals surface area contributed by atoms with Crippen LogP contribution in [0.25, 0.3) is 0 Å². The monoisotopic (exact) mass is 844 g/mol. The van der Waals surface area contributed by atoms with E-state index in [1.165, 1.54) is 0 Å². The van der Waals surface area contributed by atoms with Crippen molar-refractivity contribution in [2.24, 2.45) is 9.98 Å². The number of methoxy groups -OCH3 is 4. The first-order chi connectivity index (χ1) is 27.7. The molecular formula is C38H52N8O10S2. The number of amides is 2. The standard InChI is InChI=1S/2C19H26N4O5S/c1-10-12(9-27-3)7-14(20-10)17(24)22-13-5-6-23(8-15(13)28-4)19-21-11(2)16(29-19)18(25)26;1-10-7-13(21-14(10)9-27-3)17(24)22-12-5-6-23(8-15(12)28-4)19-20-11(2)16(29-19)18(25)26/h13,15H,5-9H2,1-4H3,(H,22,24)(H,25,26);12,15H,5-9H2,1-4H3,(H,22,24)(H,25,26)/t13-,15+;12-,15+/m11/s1. The van der Waals surface area contributed by atoms with E-state index in [1.807, 2.05) is 23.6 Å². The zero-order chi connectivity index (χ0) is 42.3. The average molecular weight is 845 g/mol. The highest BCUT2D eigenvalue weighted by molar-refractivity contribution is 7.17. The van der Waals surface area contributed by atoms with Crippen LogP contribution in [-0.4, -0.2) is 147 Å². The molecule has 6 rings (SSSR count). The van der Waals surface area contributed by atoms with Crippen LogP contribution in [0.4, 0.5) is 10.3 Å². The molecule has 0 unspecified atom stereocenters. The van der Waals surface area contributed by atoms with E-state index in [2.05, 4.69) is 30.6 Å². The molecule has 0 aliphatic carbocycles. The Bertz CT molecular complexity index is 2010. The van der Waals surface area contributed by atoms with Crippen molar-refractivity contribution in [1.82, 2.24) is 20.6 Å². The fourth-order valence-corrected chi connectivity index (χ4v) is 8.99. The number of anilines is 2. The lowest BCUT2D eigenvalue weighted by molar-refractivity contribution is -0.117. The van der Waals surface area contributed by atoms with Gasteiger partial charge in [0.1, 0.15) is 21.2 Å². The van der Waals surface area contributed by atoms with Crippen molar-refractivity contribution in [3.05, 3.63) is 43.7 Å². The second kappa shape index (κ2) is 19.9. The van der Waals surface area contributed by atoms with Gasteiger partial charge < -0.3 is 49.6 Å². The number of piperidine rings is 2. The number of aliphatic imine (C=N–C) groups is 2. The summed E-state index contributed by atoms with van der Waals surface area (Å²) >= 11 is 2.33. The number of carbonyl (C=O) groups excluding carboxylic acids is 2. The third-order valence-electron chi connectivity index (χ3n) is 10.4. The Morgan fingerprint density at radius 3 is 1.59 bits per heavy atom. The van der Waals surface area contributed by atoms with Gasteiger partial charge in [0.15, 0.2) is 10.3 Å². The number of aromatic nitrogens is 2. The van der Waals surface area contributed by atoms with Crippen LogP contribution in [-0.2, 0) is 28.5 Å². The van der Waals surface area contributed by atoms with Crippen LogP contribution in [0.3, 0.4) is 0 Å². The number of hydrogen-bond donors (Lipinski definition) is 4. The van der Waals surface area contributed by atoms with Gasteiger partial charge >= 0.3 is 11.9 Å². The number of nitrogens with zero attached hydrogens (tertiary/aromatic N) is 6. The molecule has 6 heterocycles. The Morgan fingerprint density at radius 2 is 1.17 bits per heavy atom. The highest BCUT2D eigenvalue weighted by atomic mass is 32.1. The number of ether oxygens (including phenoxy) is 4. The maximum absolute atomic E-state index is 12.7. The van der Waals surface area contributed by atoms with Crippen LogP contribution in [0.5, 0.6) is 0 Å². The fourth-order valence-electron chi connectivity index (χ4n) is 7.11. The van der Waals surface area contributed by atoms with E-state index in [0.29, 0.717) is 98.2 Å². The molecule has 0 saturated carbocycles. The van der Waals surface area contributed by atoms with Crippen LogP contribution in [0.15, 0.2) is 32.5 Å². The van der Waals surface area contributed by atoms with Crippen molar-refractivity contribution in [3.8, 4) is 0 Å². The van der Waals surface area contributed by atoms with E-state index >= 15 is 0 Å². The molecule has 316 valence electrons. The third kappa shape index (κ3) is 10.5. The molecule has 2 aromatic rings. The maximum atomic E-state index is 12.7. The summed E-state index contributed by atoms with van der Waals surface area (Å²) in [5.41, 5.74) is 5.72. The van der Waals surface area contributed by atoms with Gasteiger partial charge in [-0.25, -0.2) is 24.5 Å². The quantitative estimate of drug-likeness (QED) is 0.214. The van der Waals surface area contributed by atoms with E-state index in [9.17, 15) is 29.4 Å². The molecule has 4 aliphatic heterocycles. The van der Waals surface area contributed by atoms with E-state index < -0.39 is 11.9 Å². The summed E-state index contributed by atoms with van der Waals surface area (Å²) < 4.78 is 21.5. The molecule has 0 aromatic carbocycles. The zero-order valence-electron chi connectivity index (χ0n) is 34.0. The van der Waals surface area contributed by atoms with Crippen LogP contribution in [0.1, 0.15) is 70.3 Å². The van der Waals surface area contributed by atoms with Crippen molar-refractivity contribution in [1.29, 1.82) is 0 Å². The van der Waals surface area contributed by atoms with E-state index in [-0.39, 0.29) is 45.9 Å². The van der Waals surface area contributed by atoms with Crippen molar-refractivity contribution in [2.45, 2.75) is 77.7 Å². The minimum Gasteiger partial charge on any atom is -0.477 e. The average Bonchev–Trinajstić information content (AvgIpc) is 3.98. The molecule has 0 bridgehead atoms. The minimum atomic E-state index is -0.967. The Labute approximate surface area is 345 Å². The summed E-state index contributed by atoms with van der Waals surface area (Å²) in [6.45, 7) is 10.4. The number of aryl methyl sites for hydroxylation is 2. The smallest absolute Gasteiger partial charge is 0.347 e. The second-order valence-corrected chi connectivity index (χ2v) is 16.3. The van der Waals surface area contributed by atoms with Gasteiger partial charge in [-0.15, -0.1) is 0 Å². The van der Waals surface area contributed by atoms with Crippen molar-refractivity contribution in [2.75, 3.05) is 77.6 Å². The molecule has 0 radical (unpaired) electrons. The maximum Gasteiger partial charge on any atom is 0.347 e. The second-order valence-electron chi connectivity index (χ2n) is 14.4. The molecule has 2 saturated heterocycles. The van der Waals surface area contributed by atoms with Gasteiger partial charge in [0, 0.05) is 73.2 Å². The topological polar surface area (TPSA) is 227 Å². The molecule has 18 nitrogen and oxygen atoms in total. The molecule has 2 amide bonds. The van der Waals surface area contributed by atoms with E-state index in [4.69, 9.17) is 18.9 Å². The Hall–Kier alpha value is -4.60. The molecule has 2 fully saturated rings. The summed E-state index contributed by atoms with van der Waals surface area (Å²) in [4.78, 5) is 70.0. The molecule has 2 aromatic heterocycles. The summed E-state index contributed by atoms with van der Waals surface area (Å²) in [7, 11) is 6.45. The Morgan fingerprint density at radius 1 is 0.707 bits per heavy atom. The van der Waals surface area contributed by atoms with Gasteiger partial charge in [-0.3, -0.25) is 14.6 Å². The first-order valence-electron chi connectivity index (χ1n) is 18.8. The number of carbonyl (C=O) groups is 4. The van der Waals surface area contributed by atoms with Crippen molar-refractivity contribution in [3.63, 3.8) is 0 Å². The first kappa shape index (κ1) is 44.5. The van der Waals surface area contributed by atoms with Crippen LogP contribution < -0.4 is 20.4 Å². The van der Waals surface area contributed by atoms with E-state index in [0.717, 1.165) is 45.2 Å². The van der Waals surface area contributed by atoms with E-state index in [1.54, 1.807) is 42.3 Å². The third-order valence-corrected chi connectivity index (χ3v) is 12.8. The largest absolute Gasteiger partial charge is 0.477 e. The lowest BCUT2D eigenvalue weighted by Gasteiger charge is -2.38.